The van der Waals surface area contributed by atoms with Gasteiger partial charge in [-0.2, -0.15) is 0 Å². The van der Waals surface area contributed by atoms with E-state index in [0.717, 1.165) is 5.56 Å². The van der Waals surface area contributed by atoms with E-state index in [2.05, 4.69) is 25.6 Å². The summed E-state index contributed by atoms with van der Waals surface area (Å²) in [6.45, 7) is 0.613. The molecule has 3 N–H and O–H groups in total. The molecule has 0 saturated heterocycles. The monoisotopic (exact) mass is 490 g/mol. The Morgan fingerprint density at radius 2 is 1.86 bits per heavy atom. The molecule has 9 nitrogen and oxygen atoms in total. The van der Waals surface area contributed by atoms with Gasteiger partial charge < -0.3 is 20.6 Å². The number of nitrogens with one attached hydrogen (secondary N) is 2. The molecule has 4 rings (SSSR count). The number of anilines is 2. The third kappa shape index (κ3) is 5.71. The molecule has 0 fully saturated rings. The minimum absolute atomic E-state index is 0.109. The Morgan fingerprint density at radius 1 is 1.06 bits per heavy atom. The zero-order chi connectivity index (χ0) is 24.9. The van der Waals surface area contributed by atoms with E-state index in [0.29, 0.717) is 34.5 Å². The maximum Gasteiger partial charge on any atom is 0.337 e. The Labute approximate surface area is 206 Å². The Hall–Kier alpha value is -4.08. The lowest BCUT2D eigenvalue weighted by atomic mass is 10.0. The van der Waals surface area contributed by atoms with Gasteiger partial charge in [0, 0.05) is 29.4 Å². The zero-order valence-corrected chi connectivity index (χ0v) is 19.8. The van der Waals surface area contributed by atoms with Crippen LogP contribution in [-0.4, -0.2) is 57.5 Å². The van der Waals surface area contributed by atoms with Crippen molar-refractivity contribution < 1.29 is 14.7 Å². The number of amides is 1. The van der Waals surface area contributed by atoms with Crippen molar-refractivity contribution in [2.75, 3.05) is 31.3 Å². The van der Waals surface area contributed by atoms with Gasteiger partial charge in [0.15, 0.2) is 0 Å². The SMILES string of the molecule is CN(C)CC(Nc1ncnc2c(C(=O)O)cccc12)c1cccc(NC(=O)c2ccnc(Cl)c2)c1. The molecule has 2 aromatic carbocycles. The zero-order valence-electron chi connectivity index (χ0n) is 19.1. The van der Waals surface area contributed by atoms with Crippen LogP contribution in [0.2, 0.25) is 5.15 Å². The lowest BCUT2D eigenvalue weighted by molar-refractivity contribution is 0.0698. The van der Waals surface area contributed by atoms with E-state index < -0.39 is 5.97 Å². The molecule has 10 heteroatoms. The van der Waals surface area contributed by atoms with Crippen molar-refractivity contribution in [1.82, 2.24) is 19.9 Å². The number of carboxylic acids is 1. The molecule has 2 aromatic heterocycles. The molecular formula is C25H23ClN6O3. The van der Waals surface area contributed by atoms with Gasteiger partial charge in [-0.3, -0.25) is 4.79 Å². The summed E-state index contributed by atoms with van der Waals surface area (Å²) in [7, 11) is 3.90. The third-order valence-corrected chi connectivity index (χ3v) is 5.50. The van der Waals surface area contributed by atoms with Gasteiger partial charge in [-0.1, -0.05) is 29.8 Å². The highest BCUT2D eigenvalue weighted by atomic mass is 35.5. The topological polar surface area (TPSA) is 120 Å². The van der Waals surface area contributed by atoms with Crippen LogP contribution in [0, 0.1) is 0 Å². The number of aromatic carboxylic acids is 1. The second-order valence-corrected chi connectivity index (χ2v) is 8.52. The number of hydrogen-bond acceptors (Lipinski definition) is 7. The van der Waals surface area contributed by atoms with Crippen molar-refractivity contribution in [3.05, 3.63) is 89.0 Å². The summed E-state index contributed by atoms with van der Waals surface area (Å²) in [5, 5.41) is 16.7. The van der Waals surface area contributed by atoms with Crippen LogP contribution in [0.15, 0.2) is 67.1 Å². The largest absolute Gasteiger partial charge is 0.478 e. The van der Waals surface area contributed by atoms with Crippen LogP contribution in [0.1, 0.15) is 32.3 Å². The molecule has 1 amide bonds. The highest BCUT2D eigenvalue weighted by Crippen LogP contribution is 2.28. The molecule has 0 aliphatic heterocycles. The average molecular weight is 491 g/mol. The van der Waals surface area contributed by atoms with E-state index >= 15 is 0 Å². The van der Waals surface area contributed by atoms with Gasteiger partial charge in [0.05, 0.1) is 17.1 Å². The number of carboxylic acid groups (broad SMARTS) is 1. The first-order chi connectivity index (χ1) is 16.8. The van der Waals surface area contributed by atoms with Crippen LogP contribution in [0.3, 0.4) is 0 Å². The van der Waals surface area contributed by atoms with E-state index in [-0.39, 0.29) is 22.7 Å². The normalized spacial score (nSPS) is 11.9. The number of carbonyl (C=O) groups excluding carboxylic acids is 1. The standard InChI is InChI=1S/C25H23ClN6O3/c1-32(2)13-20(31-23-18-7-4-8-19(25(34)35)22(18)28-14-29-23)15-5-3-6-17(11-15)30-24(33)16-9-10-27-21(26)12-16/h3-12,14,20H,13H2,1-2H3,(H,30,33)(H,34,35)(H,28,29,31). The number of pyridine rings is 1. The van der Waals surface area contributed by atoms with E-state index in [9.17, 15) is 14.7 Å². The van der Waals surface area contributed by atoms with E-state index in [4.69, 9.17) is 11.6 Å². The number of nitrogens with zero attached hydrogens (tertiary/aromatic N) is 4. The Bertz CT molecular complexity index is 1390. The molecule has 0 bridgehead atoms. The minimum Gasteiger partial charge on any atom is -0.478 e. The summed E-state index contributed by atoms with van der Waals surface area (Å²) >= 11 is 5.91. The second kappa shape index (κ2) is 10.5. The predicted octanol–water partition coefficient (Wildman–Crippen LogP) is 4.34. The van der Waals surface area contributed by atoms with Crippen LogP contribution in [0.5, 0.6) is 0 Å². The molecule has 0 radical (unpaired) electrons. The summed E-state index contributed by atoms with van der Waals surface area (Å²) in [6.07, 6.45) is 2.83. The number of rotatable bonds is 8. The number of benzene rings is 2. The van der Waals surface area contributed by atoms with Gasteiger partial charge in [0.2, 0.25) is 0 Å². The summed E-state index contributed by atoms with van der Waals surface area (Å²) in [6, 6.07) is 15.3. The lowest BCUT2D eigenvalue weighted by Gasteiger charge is -2.24. The highest BCUT2D eigenvalue weighted by molar-refractivity contribution is 6.29. The molecule has 2 heterocycles. The molecule has 1 unspecified atom stereocenters. The van der Waals surface area contributed by atoms with Crippen molar-refractivity contribution in [2.24, 2.45) is 0 Å². The number of halogens is 1. The molecule has 0 saturated carbocycles. The molecule has 4 aromatic rings. The van der Waals surface area contributed by atoms with Crippen LogP contribution in [0.25, 0.3) is 10.9 Å². The number of carbonyl (C=O) groups is 2. The van der Waals surface area contributed by atoms with Crippen molar-refractivity contribution in [1.29, 1.82) is 0 Å². The fourth-order valence-electron chi connectivity index (χ4n) is 3.72. The molecule has 0 aliphatic carbocycles. The maximum atomic E-state index is 12.7. The van der Waals surface area contributed by atoms with Crippen molar-refractivity contribution in [2.45, 2.75) is 6.04 Å². The first-order valence-electron chi connectivity index (χ1n) is 10.7. The quantitative estimate of drug-likeness (QED) is 0.312. The molecule has 0 spiro atoms. The van der Waals surface area contributed by atoms with E-state index in [1.807, 2.05) is 37.2 Å². The number of likely N-dealkylation sites (N-methyl/N-ethyl adjacent to an activating group) is 1. The van der Waals surface area contributed by atoms with Crippen LogP contribution >= 0.6 is 11.6 Å². The van der Waals surface area contributed by atoms with Crippen molar-refractivity contribution >= 4 is 45.9 Å². The Morgan fingerprint density at radius 3 is 2.60 bits per heavy atom. The third-order valence-electron chi connectivity index (χ3n) is 5.29. The number of hydrogen-bond donors (Lipinski definition) is 3. The predicted molar refractivity (Wildman–Crippen MR) is 135 cm³/mol. The smallest absolute Gasteiger partial charge is 0.337 e. The van der Waals surface area contributed by atoms with Gasteiger partial charge >= 0.3 is 5.97 Å². The Balaban J connectivity index is 1.64. The number of para-hydroxylation sites is 1. The second-order valence-electron chi connectivity index (χ2n) is 8.14. The molecule has 0 aliphatic rings. The molecular weight excluding hydrogens is 468 g/mol. The van der Waals surface area contributed by atoms with Gasteiger partial charge in [-0.15, -0.1) is 0 Å². The minimum atomic E-state index is -1.05. The summed E-state index contributed by atoms with van der Waals surface area (Å²) in [5.74, 6) is -0.832. The van der Waals surface area contributed by atoms with Crippen molar-refractivity contribution in [3.8, 4) is 0 Å². The summed E-state index contributed by atoms with van der Waals surface area (Å²) < 4.78 is 0. The first-order valence-corrected chi connectivity index (χ1v) is 11.1. The first kappa shape index (κ1) is 24.1. The fraction of sp³-hybridized carbons (Fsp3) is 0.160. The lowest BCUT2D eigenvalue weighted by Crippen LogP contribution is -2.26. The fourth-order valence-corrected chi connectivity index (χ4v) is 3.89. The van der Waals surface area contributed by atoms with E-state index in [1.54, 1.807) is 24.3 Å². The van der Waals surface area contributed by atoms with Gasteiger partial charge in [-0.05, 0) is 56.1 Å². The highest BCUT2D eigenvalue weighted by Gasteiger charge is 2.18. The number of fused-ring (bicyclic) bond motifs is 1. The number of aromatic nitrogens is 3. The van der Waals surface area contributed by atoms with Crippen molar-refractivity contribution in [3.63, 3.8) is 0 Å². The van der Waals surface area contributed by atoms with Gasteiger partial charge in [-0.25, -0.2) is 19.7 Å². The van der Waals surface area contributed by atoms with Gasteiger partial charge in [0.1, 0.15) is 17.3 Å². The summed E-state index contributed by atoms with van der Waals surface area (Å²) in [5.41, 5.74) is 2.40. The van der Waals surface area contributed by atoms with Crippen LogP contribution in [-0.2, 0) is 0 Å². The van der Waals surface area contributed by atoms with Crippen LogP contribution in [0.4, 0.5) is 11.5 Å². The van der Waals surface area contributed by atoms with Crippen LogP contribution < -0.4 is 10.6 Å². The molecule has 35 heavy (non-hydrogen) atoms. The summed E-state index contributed by atoms with van der Waals surface area (Å²) in [4.78, 5) is 38.8. The molecule has 1 atom stereocenters. The maximum absolute atomic E-state index is 12.7. The van der Waals surface area contributed by atoms with E-state index in [1.165, 1.54) is 24.7 Å². The Kier molecular flexibility index (Phi) is 7.19. The average Bonchev–Trinajstić information content (AvgIpc) is 2.83. The molecule has 178 valence electrons. The van der Waals surface area contributed by atoms with Gasteiger partial charge in [0.25, 0.3) is 5.91 Å².